The maximum absolute atomic E-state index is 13.7. The first-order valence-electron chi connectivity index (χ1n) is 10.7. The molecule has 2 heterocycles. The highest BCUT2D eigenvalue weighted by atomic mass is 16.6. The number of rotatable bonds is 4. The lowest BCUT2D eigenvalue weighted by Crippen LogP contribution is -2.43. The van der Waals surface area contributed by atoms with Gasteiger partial charge in [-0.2, -0.15) is 0 Å². The SMILES string of the molecule is O=C(OCc1ccccc1)N1C[C@]2(CC1O)C(=O)N(Cc1ccccc1)c1ccccc12. The smallest absolute Gasteiger partial charge is 0.412 e. The molecule has 6 heteroatoms. The van der Waals surface area contributed by atoms with Gasteiger partial charge in [-0.25, -0.2) is 4.79 Å². The van der Waals surface area contributed by atoms with E-state index in [1.54, 1.807) is 4.90 Å². The highest BCUT2D eigenvalue weighted by Crippen LogP contribution is 2.49. The van der Waals surface area contributed by atoms with E-state index in [4.69, 9.17) is 4.74 Å². The third-order valence-electron chi connectivity index (χ3n) is 6.32. The molecule has 0 saturated carbocycles. The second kappa shape index (κ2) is 8.13. The monoisotopic (exact) mass is 428 g/mol. The van der Waals surface area contributed by atoms with Crippen LogP contribution in [-0.2, 0) is 28.1 Å². The van der Waals surface area contributed by atoms with Crippen LogP contribution >= 0.6 is 0 Å². The standard InChI is InChI=1S/C26H24N2O4/c29-23-15-26(18-28(23)25(31)32-17-20-11-5-2-6-12-20)21-13-7-8-14-22(21)27(24(26)30)16-19-9-3-1-4-10-19/h1-14,23,29H,15-18H2/t23?,26-/m0/s1. The Morgan fingerprint density at radius 1 is 0.938 bits per heavy atom. The summed E-state index contributed by atoms with van der Waals surface area (Å²) in [4.78, 5) is 29.5. The number of hydrogen-bond donors (Lipinski definition) is 1. The summed E-state index contributed by atoms with van der Waals surface area (Å²) in [6.45, 7) is 0.635. The van der Waals surface area contributed by atoms with E-state index < -0.39 is 17.7 Å². The van der Waals surface area contributed by atoms with Crippen molar-refractivity contribution in [2.75, 3.05) is 11.4 Å². The maximum Gasteiger partial charge on any atom is 0.412 e. The molecule has 1 N–H and O–H groups in total. The number of fused-ring (bicyclic) bond motifs is 2. The minimum absolute atomic E-state index is 0.0862. The summed E-state index contributed by atoms with van der Waals surface area (Å²) in [6.07, 6.45) is -1.56. The molecule has 0 aromatic heterocycles. The van der Waals surface area contributed by atoms with Gasteiger partial charge in [0, 0.05) is 18.7 Å². The lowest BCUT2D eigenvalue weighted by molar-refractivity contribution is -0.123. The van der Waals surface area contributed by atoms with Gasteiger partial charge in [0.15, 0.2) is 0 Å². The van der Waals surface area contributed by atoms with Crippen LogP contribution in [0.5, 0.6) is 0 Å². The molecular weight excluding hydrogens is 404 g/mol. The van der Waals surface area contributed by atoms with Crippen LogP contribution in [-0.4, -0.2) is 34.8 Å². The van der Waals surface area contributed by atoms with Gasteiger partial charge in [0.2, 0.25) is 5.91 Å². The quantitative estimate of drug-likeness (QED) is 0.686. The molecule has 6 nitrogen and oxygen atoms in total. The van der Waals surface area contributed by atoms with E-state index in [1.165, 1.54) is 4.90 Å². The minimum Gasteiger partial charge on any atom is -0.444 e. The number of para-hydroxylation sites is 1. The van der Waals surface area contributed by atoms with Gasteiger partial charge in [-0.15, -0.1) is 0 Å². The fourth-order valence-corrected chi connectivity index (χ4v) is 4.74. The first kappa shape index (κ1) is 20.3. The molecule has 32 heavy (non-hydrogen) atoms. The fourth-order valence-electron chi connectivity index (χ4n) is 4.74. The minimum atomic E-state index is -1.09. The van der Waals surface area contributed by atoms with Gasteiger partial charge >= 0.3 is 6.09 Å². The van der Waals surface area contributed by atoms with Crippen molar-refractivity contribution in [2.45, 2.75) is 31.2 Å². The Labute approximate surface area is 186 Å². The Kier molecular flexibility index (Phi) is 5.15. The topological polar surface area (TPSA) is 70.1 Å². The van der Waals surface area contributed by atoms with E-state index >= 15 is 0 Å². The Bertz CT molecular complexity index is 1130. The molecule has 2 aliphatic rings. The fraction of sp³-hybridized carbons (Fsp3) is 0.231. The maximum atomic E-state index is 13.7. The zero-order valence-electron chi connectivity index (χ0n) is 17.6. The Morgan fingerprint density at radius 2 is 1.56 bits per heavy atom. The molecule has 5 rings (SSSR count). The normalized spacial score (nSPS) is 21.8. The molecular formula is C26H24N2O4. The van der Waals surface area contributed by atoms with E-state index in [0.29, 0.717) is 6.54 Å². The van der Waals surface area contributed by atoms with Crippen LogP contribution in [0.2, 0.25) is 0 Å². The van der Waals surface area contributed by atoms with Crippen LogP contribution in [0.15, 0.2) is 84.9 Å². The second-order valence-electron chi connectivity index (χ2n) is 8.33. The van der Waals surface area contributed by atoms with Crippen LogP contribution in [0.3, 0.4) is 0 Å². The number of carbonyl (C=O) groups excluding carboxylic acids is 2. The summed E-state index contributed by atoms with van der Waals surface area (Å²) in [5.74, 6) is -0.0973. The number of aliphatic hydroxyl groups excluding tert-OH is 1. The molecule has 1 saturated heterocycles. The van der Waals surface area contributed by atoms with Gasteiger partial charge < -0.3 is 14.7 Å². The Hall–Kier alpha value is -3.64. The van der Waals surface area contributed by atoms with Crippen molar-refractivity contribution in [3.05, 3.63) is 102 Å². The van der Waals surface area contributed by atoms with Gasteiger partial charge in [-0.3, -0.25) is 9.69 Å². The van der Waals surface area contributed by atoms with E-state index in [2.05, 4.69) is 0 Å². The number of benzene rings is 3. The first-order valence-corrected chi connectivity index (χ1v) is 10.7. The molecule has 3 aromatic carbocycles. The molecule has 1 fully saturated rings. The number of ether oxygens (including phenoxy) is 1. The first-order chi connectivity index (χ1) is 15.6. The second-order valence-corrected chi connectivity index (χ2v) is 8.33. The zero-order chi connectivity index (χ0) is 22.1. The Morgan fingerprint density at radius 3 is 2.28 bits per heavy atom. The lowest BCUT2D eigenvalue weighted by Gasteiger charge is -2.24. The lowest BCUT2D eigenvalue weighted by atomic mass is 9.80. The van der Waals surface area contributed by atoms with E-state index in [-0.39, 0.29) is 25.5 Å². The number of carbonyl (C=O) groups is 2. The van der Waals surface area contributed by atoms with Crippen molar-refractivity contribution in [1.29, 1.82) is 0 Å². The van der Waals surface area contributed by atoms with Gasteiger partial charge in [0.1, 0.15) is 12.8 Å². The summed E-state index contributed by atoms with van der Waals surface area (Å²) < 4.78 is 5.43. The van der Waals surface area contributed by atoms with Crippen LogP contribution in [0.1, 0.15) is 23.1 Å². The number of hydrogen-bond acceptors (Lipinski definition) is 4. The predicted octanol–water partition coefficient (Wildman–Crippen LogP) is 3.83. The molecule has 1 unspecified atom stereocenters. The number of amides is 2. The predicted molar refractivity (Wildman–Crippen MR) is 120 cm³/mol. The molecule has 2 atom stereocenters. The van der Waals surface area contributed by atoms with Crippen LogP contribution in [0.25, 0.3) is 0 Å². The van der Waals surface area contributed by atoms with Gasteiger partial charge in [0.25, 0.3) is 0 Å². The highest BCUT2D eigenvalue weighted by Gasteiger charge is 2.58. The number of nitrogens with zero attached hydrogens (tertiary/aromatic N) is 2. The van der Waals surface area contributed by atoms with Crippen molar-refractivity contribution in [2.24, 2.45) is 0 Å². The highest BCUT2D eigenvalue weighted by molar-refractivity contribution is 6.08. The van der Waals surface area contributed by atoms with Crippen LogP contribution in [0, 0.1) is 0 Å². The molecule has 0 radical (unpaired) electrons. The number of anilines is 1. The summed E-state index contributed by atoms with van der Waals surface area (Å²) in [7, 11) is 0. The zero-order valence-corrected chi connectivity index (χ0v) is 17.6. The van der Waals surface area contributed by atoms with Crippen molar-refractivity contribution in [3.8, 4) is 0 Å². The number of aliphatic hydroxyl groups is 1. The van der Waals surface area contributed by atoms with E-state index in [9.17, 15) is 14.7 Å². The van der Waals surface area contributed by atoms with Crippen molar-refractivity contribution in [3.63, 3.8) is 0 Å². The largest absolute Gasteiger partial charge is 0.444 e. The summed E-state index contributed by atoms with van der Waals surface area (Å²) in [6, 6.07) is 26.8. The third kappa shape index (κ3) is 3.42. The van der Waals surface area contributed by atoms with Gasteiger partial charge in [-0.05, 0) is 22.8 Å². The van der Waals surface area contributed by atoms with Crippen LogP contribution in [0.4, 0.5) is 10.5 Å². The van der Waals surface area contributed by atoms with E-state index in [1.807, 2.05) is 84.9 Å². The summed E-state index contributed by atoms with van der Waals surface area (Å²) in [5, 5.41) is 10.8. The molecule has 3 aromatic rings. The average Bonchev–Trinajstić information content (AvgIpc) is 3.30. The summed E-state index contributed by atoms with van der Waals surface area (Å²) in [5.41, 5.74) is 2.58. The van der Waals surface area contributed by atoms with E-state index in [0.717, 1.165) is 22.4 Å². The Balaban J connectivity index is 1.39. The van der Waals surface area contributed by atoms with Gasteiger partial charge in [0.05, 0.1) is 12.0 Å². The third-order valence-corrected chi connectivity index (χ3v) is 6.32. The molecule has 0 aliphatic carbocycles. The number of likely N-dealkylation sites (tertiary alicyclic amines) is 1. The molecule has 162 valence electrons. The van der Waals surface area contributed by atoms with Crippen LogP contribution < -0.4 is 4.90 Å². The molecule has 1 spiro atoms. The molecule has 2 amide bonds. The van der Waals surface area contributed by atoms with Crippen molar-refractivity contribution < 1.29 is 19.4 Å². The van der Waals surface area contributed by atoms with Crippen molar-refractivity contribution in [1.82, 2.24) is 4.90 Å². The van der Waals surface area contributed by atoms with Crippen molar-refractivity contribution >= 4 is 17.7 Å². The average molecular weight is 428 g/mol. The molecule has 2 aliphatic heterocycles. The van der Waals surface area contributed by atoms with Gasteiger partial charge in [-0.1, -0.05) is 78.9 Å². The molecule has 0 bridgehead atoms. The summed E-state index contributed by atoms with van der Waals surface area (Å²) >= 11 is 0.